The Labute approximate surface area is 77.3 Å². The van der Waals surface area contributed by atoms with E-state index in [4.69, 9.17) is 14.2 Å². The minimum atomic E-state index is 0.0477. The second-order valence-electron chi connectivity index (χ2n) is 4.85. The highest BCUT2D eigenvalue weighted by Gasteiger charge is 2.63. The summed E-state index contributed by atoms with van der Waals surface area (Å²) in [6.45, 7) is 3.08. The highest BCUT2D eigenvalue weighted by atomic mass is 16.8. The highest BCUT2D eigenvalue weighted by molar-refractivity contribution is 5.04. The first-order chi connectivity index (χ1) is 6.34. The van der Waals surface area contributed by atoms with Gasteiger partial charge in [0.25, 0.3) is 0 Å². The van der Waals surface area contributed by atoms with Gasteiger partial charge in [0, 0.05) is 11.8 Å². The van der Waals surface area contributed by atoms with Crippen LogP contribution in [0, 0.1) is 23.7 Å². The van der Waals surface area contributed by atoms with Crippen molar-refractivity contribution in [1.29, 1.82) is 0 Å². The van der Waals surface area contributed by atoms with Crippen LogP contribution in [0.4, 0.5) is 0 Å². The van der Waals surface area contributed by atoms with Crippen molar-refractivity contribution in [3.8, 4) is 0 Å². The van der Waals surface area contributed by atoms with Crippen LogP contribution in [0.2, 0.25) is 0 Å². The average molecular weight is 182 g/mol. The third-order valence-electron chi connectivity index (χ3n) is 4.39. The Kier molecular flexibility index (Phi) is 1.16. The number of rotatable bonds is 0. The average Bonchev–Trinajstić information content (AvgIpc) is 2.65. The summed E-state index contributed by atoms with van der Waals surface area (Å²) >= 11 is 0. The van der Waals surface area contributed by atoms with Crippen LogP contribution < -0.4 is 0 Å². The van der Waals surface area contributed by atoms with Crippen LogP contribution in [0.25, 0.3) is 0 Å². The van der Waals surface area contributed by atoms with Gasteiger partial charge >= 0.3 is 0 Å². The van der Waals surface area contributed by atoms with Crippen molar-refractivity contribution in [3.63, 3.8) is 0 Å². The van der Waals surface area contributed by atoms with Gasteiger partial charge in [-0.2, -0.15) is 0 Å². The van der Waals surface area contributed by atoms with E-state index in [1.165, 1.54) is 6.42 Å². The molecule has 3 heteroatoms. The number of hydrogen-bond acceptors (Lipinski definition) is 3. The van der Waals surface area contributed by atoms with Gasteiger partial charge < -0.3 is 14.2 Å². The summed E-state index contributed by atoms with van der Waals surface area (Å²) in [5.41, 5.74) is 0. The van der Waals surface area contributed by atoms with E-state index < -0.39 is 0 Å². The fraction of sp³-hybridized carbons (Fsp3) is 1.00. The van der Waals surface area contributed by atoms with E-state index in [1.807, 2.05) is 0 Å². The third kappa shape index (κ3) is 0.694. The van der Waals surface area contributed by atoms with Crippen LogP contribution in [-0.2, 0) is 14.2 Å². The van der Waals surface area contributed by atoms with Gasteiger partial charge in [-0.25, -0.2) is 0 Å². The first-order valence-corrected chi connectivity index (χ1v) is 5.27. The van der Waals surface area contributed by atoms with E-state index in [1.54, 1.807) is 0 Å². The zero-order valence-electron chi connectivity index (χ0n) is 7.68. The zero-order valence-corrected chi connectivity index (χ0v) is 7.68. The van der Waals surface area contributed by atoms with E-state index in [2.05, 4.69) is 6.92 Å². The van der Waals surface area contributed by atoms with Crippen LogP contribution in [0.1, 0.15) is 13.3 Å². The lowest BCUT2D eigenvalue weighted by atomic mass is 9.87. The summed E-state index contributed by atoms with van der Waals surface area (Å²) in [4.78, 5) is 0. The largest absolute Gasteiger partial charge is 0.352 e. The van der Waals surface area contributed by atoms with Crippen molar-refractivity contribution >= 4 is 0 Å². The van der Waals surface area contributed by atoms with E-state index in [9.17, 15) is 0 Å². The normalized spacial score (nSPS) is 67.6. The first-order valence-electron chi connectivity index (χ1n) is 5.27. The molecule has 0 unspecified atom stereocenters. The number of fused-ring (bicyclic) bond motifs is 1. The summed E-state index contributed by atoms with van der Waals surface area (Å²) in [6, 6.07) is 0. The Bertz CT molecular complexity index is 255. The van der Waals surface area contributed by atoms with Crippen LogP contribution >= 0.6 is 0 Å². The fourth-order valence-electron chi connectivity index (χ4n) is 3.92. The summed E-state index contributed by atoms with van der Waals surface area (Å²) in [6.07, 6.45) is 1.76. The molecule has 4 rings (SSSR count). The van der Waals surface area contributed by atoms with E-state index in [0.29, 0.717) is 23.9 Å². The molecule has 0 radical (unpaired) electrons. The van der Waals surface area contributed by atoms with Gasteiger partial charge in [0.05, 0.1) is 12.7 Å². The van der Waals surface area contributed by atoms with Gasteiger partial charge in [-0.3, -0.25) is 0 Å². The molecule has 13 heavy (non-hydrogen) atoms. The Hall–Kier alpha value is -0.120. The second-order valence-corrected chi connectivity index (χ2v) is 4.85. The fourth-order valence-corrected chi connectivity index (χ4v) is 3.92. The molecule has 0 amide bonds. The van der Waals surface area contributed by atoms with Crippen molar-refractivity contribution in [2.45, 2.75) is 32.0 Å². The molecule has 4 fully saturated rings. The molecule has 1 aliphatic carbocycles. The molecule has 0 aromatic heterocycles. The third-order valence-corrected chi connectivity index (χ3v) is 4.39. The number of hydrogen-bond donors (Lipinski definition) is 0. The lowest BCUT2D eigenvalue weighted by Gasteiger charge is -2.30. The lowest BCUT2D eigenvalue weighted by molar-refractivity contribution is -0.266. The molecule has 1 saturated carbocycles. The molecule has 3 nitrogen and oxygen atoms in total. The van der Waals surface area contributed by atoms with E-state index in [-0.39, 0.29) is 12.6 Å². The van der Waals surface area contributed by atoms with Crippen LogP contribution in [0.3, 0.4) is 0 Å². The van der Waals surface area contributed by atoms with Crippen molar-refractivity contribution < 1.29 is 14.2 Å². The Balaban J connectivity index is 1.82. The van der Waals surface area contributed by atoms with Crippen molar-refractivity contribution in [2.24, 2.45) is 23.7 Å². The van der Waals surface area contributed by atoms with Gasteiger partial charge in [0.15, 0.2) is 12.6 Å². The lowest BCUT2D eigenvalue weighted by Crippen LogP contribution is -2.35. The van der Waals surface area contributed by atoms with Gasteiger partial charge in [0.2, 0.25) is 0 Å². The smallest absolute Gasteiger partial charge is 0.164 e. The molecular weight excluding hydrogens is 168 g/mol. The molecule has 0 aromatic carbocycles. The quantitative estimate of drug-likeness (QED) is 0.559. The minimum Gasteiger partial charge on any atom is -0.352 e. The Morgan fingerprint density at radius 3 is 2.85 bits per heavy atom. The molecule has 7 atom stereocenters. The minimum absolute atomic E-state index is 0.0477. The highest BCUT2D eigenvalue weighted by Crippen LogP contribution is 2.58. The summed E-state index contributed by atoms with van der Waals surface area (Å²) < 4.78 is 17.2. The zero-order chi connectivity index (χ0) is 8.58. The van der Waals surface area contributed by atoms with Gasteiger partial charge in [-0.1, -0.05) is 0 Å². The second kappa shape index (κ2) is 2.10. The molecule has 3 heterocycles. The molecule has 0 aromatic rings. The Morgan fingerprint density at radius 2 is 1.92 bits per heavy atom. The number of ether oxygens (including phenoxy) is 3. The molecule has 3 aliphatic heterocycles. The van der Waals surface area contributed by atoms with Crippen LogP contribution in [-0.4, -0.2) is 25.3 Å². The molecule has 4 aliphatic rings. The van der Waals surface area contributed by atoms with Crippen molar-refractivity contribution in [3.05, 3.63) is 0 Å². The maximum absolute atomic E-state index is 5.79. The monoisotopic (exact) mass is 182 g/mol. The van der Waals surface area contributed by atoms with Crippen molar-refractivity contribution in [1.82, 2.24) is 0 Å². The standard InChI is InChI=1S/C10H14O3/c1-4-8-6-2-5-7(8)3-11-9(5)13-10(6)12-4/h4-10H,2-3H2,1H3/t4-,5+,6-,7+,8-,9+,10-/m1/s1. The van der Waals surface area contributed by atoms with E-state index >= 15 is 0 Å². The molecule has 0 spiro atoms. The maximum Gasteiger partial charge on any atom is 0.164 e. The maximum atomic E-state index is 5.79. The Morgan fingerprint density at radius 1 is 1.00 bits per heavy atom. The van der Waals surface area contributed by atoms with Crippen LogP contribution in [0.5, 0.6) is 0 Å². The molecule has 3 saturated heterocycles. The summed E-state index contributed by atoms with van der Waals surface area (Å²) in [7, 11) is 0. The van der Waals surface area contributed by atoms with Crippen molar-refractivity contribution in [2.75, 3.05) is 6.61 Å². The SMILES string of the molecule is C[C@H]1O[C@@H]2O[C@@H]3OC[C@H]4[C@@H]3C[C@@H]2[C@H]41. The summed E-state index contributed by atoms with van der Waals surface area (Å²) in [5.74, 6) is 2.78. The first kappa shape index (κ1) is 7.21. The topological polar surface area (TPSA) is 27.7 Å². The van der Waals surface area contributed by atoms with E-state index in [0.717, 1.165) is 12.5 Å². The predicted octanol–water partition coefficient (Wildman–Crippen LogP) is 0.986. The molecule has 2 bridgehead atoms. The van der Waals surface area contributed by atoms with Gasteiger partial charge in [0.1, 0.15) is 0 Å². The summed E-state index contributed by atoms with van der Waals surface area (Å²) in [5, 5.41) is 0. The van der Waals surface area contributed by atoms with Gasteiger partial charge in [-0.15, -0.1) is 0 Å². The van der Waals surface area contributed by atoms with Crippen LogP contribution in [0.15, 0.2) is 0 Å². The predicted molar refractivity (Wildman–Crippen MR) is 43.7 cm³/mol. The molecular formula is C10H14O3. The molecule has 0 N–H and O–H groups in total. The molecule has 72 valence electrons. The van der Waals surface area contributed by atoms with Gasteiger partial charge in [-0.05, 0) is 25.2 Å².